The van der Waals surface area contributed by atoms with Gasteiger partial charge in [0.1, 0.15) is 0 Å². The van der Waals surface area contributed by atoms with Crippen LogP contribution in [0.3, 0.4) is 0 Å². The molecule has 0 amide bonds. The Labute approximate surface area is 131 Å². The summed E-state index contributed by atoms with van der Waals surface area (Å²) in [5, 5.41) is 3.61. The summed E-state index contributed by atoms with van der Waals surface area (Å²) in [6, 6.07) is 8.75. The monoisotopic (exact) mass is 343 g/mol. The molecule has 1 nitrogen and oxygen atoms in total. The second-order valence-corrected chi connectivity index (χ2v) is 7.43. The van der Waals surface area contributed by atoms with Crippen molar-refractivity contribution < 1.29 is 0 Å². The quantitative estimate of drug-likeness (QED) is 0.702. The fourth-order valence-corrected chi connectivity index (χ4v) is 2.92. The molecule has 1 rings (SSSR count). The third kappa shape index (κ3) is 8.01. The molecule has 0 radical (unpaired) electrons. The number of halogens is 1. The molecule has 0 bridgehead atoms. The van der Waals surface area contributed by atoms with Crippen LogP contribution in [-0.2, 0) is 6.42 Å². The Bertz CT molecular complexity index is 337. The minimum atomic E-state index is 0.730. The first kappa shape index (κ1) is 17.1. The van der Waals surface area contributed by atoms with Gasteiger partial charge in [0.05, 0.1) is 0 Å². The first-order chi connectivity index (χ1) is 9.11. The van der Waals surface area contributed by atoms with Gasteiger partial charge < -0.3 is 5.32 Å². The van der Waals surface area contributed by atoms with E-state index in [9.17, 15) is 0 Å². The standard InChI is InChI=1S/C16H26BrNS/c1-13(2)11-18-12-15(8-9-19-3)10-14-4-6-16(17)7-5-14/h4-7,13,15,18H,8-12H2,1-3H3. The van der Waals surface area contributed by atoms with Gasteiger partial charge in [-0.1, -0.05) is 41.9 Å². The van der Waals surface area contributed by atoms with Gasteiger partial charge in [0.2, 0.25) is 0 Å². The lowest BCUT2D eigenvalue weighted by Gasteiger charge is -2.18. The van der Waals surface area contributed by atoms with E-state index in [-0.39, 0.29) is 0 Å². The average molecular weight is 344 g/mol. The lowest BCUT2D eigenvalue weighted by atomic mass is 9.96. The van der Waals surface area contributed by atoms with Crippen molar-refractivity contribution in [1.29, 1.82) is 0 Å². The molecule has 0 saturated carbocycles. The van der Waals surface area contributed by atoms with E-state index in [0.29, 0.717) is 0 Å². The molecule has 0 aliphatic rings. The number of rotatable bonds is 9. The van der Waals surface area contributed by atoms with Gasteiger partial charge in [0, 0.05) is 4.47 Å². The summed E-state index contributed by atoms with van der Waals surface area (Å²) >= 11 is 5.44. The maximum absolute atomic E-state index is 3.61. The zero-order chi connectivity index (χ0) is 14.1. The molecule has 0 aliphatic carbocycles. The van der Waals surface area contributed by atoms with Crippen molar-refractivity contribution in [2.45, 2.75) is 26.7 Å². The van der Waals surface area contributed by atoms with Gasteiger partial charge in [0.25, 0.3) is 0 Å². The van der Waals surface area contributed by atoms with Crippen molar-refractivity contribution in [1.82, 2.24) is 5.32 Å². The van der Waals surface area contributed by atoms with Crippen LogP contribution in [0, 0.1) is 11.8 Å². The number of hydrogen-bond donors (Lipinski definition) is 1. The van der Waals surface area contributed by atoms with Crippen LogP contribution in [0.4, 0.5) is 0 Å². The third-order valence-corrected chi connectivity index (χ3v) is 4.33. The molecule has 0 heterocycles. The second kappa shape index (κ2) is 9.84. The topological polar surface area (TPSA) is 12.0 Å². The van der Waals surface area contributed by atoms with Gasteiger partial charge in [0.15, 0.2) is 0 Å². The van der Waals surface area contributed by atoms with Crippen LogP contribution in [0.5, 0.6) is 0 Å². The SMILES string of the molecule is CSCCC(CNCC(C)C)Cc1ccc(Br)cc1. The third-order valence-electron chi connectivity index (χ3n) is 3.15. The molecule has 0 saturated heterocycles. The fraction of sp³-hybridized carbons (Fsp3) is 0.625. The highest BCUT2D eigenvalue weighted by molar-refractivity contribution is 9.10. The minimum absolute atomic E-state index is 0.730. The normalized spacial score (nSPS) is 12.9. The van der Waals surface area contributed by atoms with Gasteiger partial charge in [-0.3, -0.25) is 0 Å². The van der Waals surface area contributed by atoms with E-state index in [0.717, 1.165) is 29.4 Å². The highest BCUT2D eigenvalue weighted by Gasteiger charge is 2.09. The molecule has 0 fully saturated rings. The van der Waals surface area contributed by atoms with Crippen molar-refractivity contribution >= 4 is 27.7 Å². The summed E-state index contributed by atoms with van der Waals surface area (Å²) in [5.41, 5.74) is 1.45. The van der Waals surface area contributed by atoms with E-state index >= 15 is 0 Å². The van der Waals surface area contributed by atoms with Gasteiger partial charge in [-0.05, 0) is 67.5 Å². The molecular weight excluding hydrogens is 318 g/mol. The Morgan fingerprint density at radius 1 is 1.16 bits per heavy atom. The summed E-state index contributed by atoms with van der Waals surface area (Å²) in [6.07, 6.45) is 4.67. The van der Waals surface area contributed by atoms with Gasteiger partial charge >= 0.3 is 0 Å². The number of nitrogens with one attached hydrogen (secondary N) is 1. The molecule has 0 aliphatic heterocycles. The van der Waals surface area contributed by atoms with Crippen molar-refractivity contribution in [3.05, 3.63) is 34.3 Å². The van der Waals surface area contributed by atoms with E-state index in [1.165, 1.54) is 24.2 Å². The van der Waals surface area contributed by atoms with Crippen LogP contribution in [0.25, 0.3) is 0 Å². The minimum Gasteiger partial charge on any atom is -0.316 e. The van der Waals surface area contributed by atoms with Gasteiger partial charge in [-0.15, -0.1) is 0 Å². The van der Waals surface area contributed by atoms with E-state index in [1.807, 2.05) is 11.8 Å². The predicted molar refractivity (Wildman–Crippen MR) is 92.0 cm³/mol. The fourth-order valence-electron chi connectivity index (χ4n) is 2.09. The zero-order valence-corrected chi connectivity index (χ0v) is 14.7. The van der Waals surface area contributed by atoms with Crippen LogP contribution in [0.1, 0.15) is 25.8 Å². The van der Waals surface area contributed by atoms with Crippen molar-refractivity contribution in [2.24, 2.45) is 11.8 Å². The molecule has 108 valence electrons. The Morgan fingerprint density at radius 2 is 1.84 bits per heavy atom. The maximum atomic E-state index is 3.61. The molecular formula is C16H26BrNS. The second-order valence-electron chi connectivity index (χ2n) is 5.53. The van der Waals surface area contributed by atoms with Crippen molar-refractivity contribution in [2.75, 3.05) is 25.1 Å². The molecule has 1 aromatic carbocycles. The highest BCUT2D eigenvalue weighted by Crippen LogP contribution is 2.17. The lowest BCUT2D eigenvalue weighted by Crippen LogP contribution is -2.28. The van der Waals surface area contributed by atoms with Crippen LogP contribution in [0.15, 0.2) is 28.7 Å². The zero-order valence-electron chi connectivity index (χ0n) is 12.3. The largest absolute Gasteiger partial charge is 0.316 e. The Hall–Kier alpha value is 0.01000. The number of thioether (sulfide) groups is 1. The van der Waals surface area contributed by atoms with E-state index < -0.39 is 0 Å². The summed E-state index contributed by atoms with van der Waals surface area (Å²) in [5.74, 6) is 2.73. The first-order valence-electron chi connectivity index (χ1n) is 7.06. The Morgan fingerprint density at radius 3 is 2.42 bits per heavy atom. The molecule has 19 heavy (non-hydrogen) atoms. The Balaban J connectivity index is 2.45. The molecule has 0 aromatic heterocycles. The summed E-state index contributed by atoms with van der Waals surface area (Å²) in [6.45, 7) is 6.78. The molecule has 1 N–H and O–H groups in total. The average Bonchev–Trinajstić information content (AvgIpc) is 2.38. The van der Waals surface area contributed by atoms with Crippen LogP contribution in [0.2, 0.25) is 0 Å². The van der Waals surface area contributed by atoms with Crippen molar-refractivity contribution in [3.8, 4) is 0 Å². The van der Waals surface area contributed by atoms with E-state index in [1.54, 1.807) is 0 Å². The smallest absolute Gasteiger partial charge is 0.0175 e. The van der Waals surface area contributed by atoms with E-state index in [2.05, 4.69) is 65.6 Å². The summed E-state index contributed by atoms with van der Waals surface area (Å²) in [7, 11) is 0. The van der Waals surface area contributed by atoms with Gasteiger partial charge in [-0.25, -0.2) is 0 Å². The highest BCUT2D eigenvalue weighted by atomic mass is 79.9. The molecule has 1 aromatic rings. The summed E-state index contributed by atoms with van der Waals surface area (Å²) in [4.78, 5) is 0. The Kier molecular flexibility index (Phi) is 8.84. The molecule has 1 atom stereocenters. The van der Waals surface area contributed by atoms with Crippen LogP contribution >= 0.6 is 27.7 Å². The summed E-state index contributed by atoms with van der Waals surface area (Å²) < 4.78 is 1.16. The maximum Gasteiger partial charge on any atom is 0.0175 e. The number of benzene rings is 1. The van der Waals surface area contributed by atoms with Gasteiger partial charge in [-0.2, -0.15) is 11.8 Å². The van der Waals surface area contributed by atoms with E-state index in [4.69, 9.17) is 0 Å². The predicted octanol–water partition coefficient (Wildman–Crippen LogP) is 4.61. The lowest BCUT2D eigenvalue weighted by molar-refractivity contribution is 0.440. The molecule has 3 heteroatoms. The first-order valence-corrected chi connectivity index (χ1v) is 9.24. The number of hydrogen-bond acceptors (Lipinski definition) is 2. The van der Waals surface area contributed by atoms with Crippen LogP contribution < -0.4 is 5.32 Å². The van der Waals surface area contributed by atoms with Crippen molar-refractivity contribution in [3.63, 3.8) is 0 Å². The molecule has 0 spiro atoms. The molecule has 1 unspecified atom stereocenters. The van der Waals surface area contributed by atoms with Crippen LogP contribution in [-0.4, -0.2) is 25.1 Å².